The molecule has 0 radical (unpaired) electrons. The van der Waals surface area contributed by atoms with Crippen molar-refractivity contribution in [2.24, 2.45) is 11.8 Å². The normalized spacial score (nSPS) is 30.1. The van der Waals surface area contributed by atoms with Crippen LogP contribution in [0.1, 0.15) is 51.9 Å². The van der Waals surface area contributed by atoms with Crippen LogP contribution in [-0.2, 0) is 4.79 Å². The molecule has 0 saturated heterocycles. The maximum Gasteiger partial charge on any atom is 0.123 e. The van der Waals surface area contributed by atoms with E-state index in [0.717, 1.165) is 25.0 Å². The van der Waals surface area contributed by atoms with Crippen LogP contribution in [0.3, 0.4) is 0 Å². The van der Waals surface area contributed by atoms with Crippen LogP contribution >= 0.6 is 0 Å². The summed E-state index contributed by atoms with van der Waals surface area (Å²) in [4.78, 5) is 10.5. The van der Waals surface area contributed by atoms with E-state index in [2.05, 4.69) is 6.92 Å². The van der Waals surface area contributed by atoms with Crippen LogP contribution in [-0.4, -0.2) is 6.29 Å². The standard InChI is InChI=1S/C11H20O/c1-2-3-4-10-5-7-11(9-12)8-6-10/h9-11H,2-8H2,1H3. The molecule has 0 aromatic rings. The van der Waals surface area contributed by atoms with Gasteiger partial charge in [0.25, 0.3) is 0 Å². The number of rotatable bonds is 4. The topological polar surface area (TPSA) is 17.1 Å². The van der Waals surface area contributed by atoms with Gasteiger partial charge < -0.3 is 4.79 Å². The molecule has 1 aliphatic rings. The lowest BCUT2D eigenvalue weighted by molar-refractivity contribution is -0.112. The largest absolute Gasteiger partial charge is 0.303 e. The van der Waals surface area contributed by atoms with E-state index < -0.39 is 0 Å². The Balaban J connectivity index is 2.12. The summed E-state index contributed by atoms with van der Waals surface area (Å²) in [6.45, 7) is 2.25. The van der Waals surface area contributed by atoms with Gasteiger partial charge in [-0.2, -0.15) is 0 Å². The number of hydrogen-bond acceptors (Lipinski definition) is 1. The second kappa shape index (κ2) is 5.34. The van der Waals surface area contributed by atoms with Gasteiger partial charge >= 0.3 is 0 Å². The van der Waals surface area contributed by atoms with Crippen LogP contribution in [0.25, 0.3) is 0 Å². The van der Waals surface area contributed by atoms with Gasteiger partial charge in [-0.3, -0.25) is 0 Å². The van der Waals surface area contributed by atoms with Crippen LogP contribution in [0.15, 0.2) is 0 Å². The molecule has 0 amide bonds. The van der Waals surface area contributed by atoms with Gasteiger partial charge in [0.15, 0.2) is 0 Å². The summed E-state index contributed by atoms with van der Waals surface area (Å²) in [5, 5.41) is 0. The summed E-state index contributed by atoms with van der Waals surface area (Å²) in [6.07, 6.45) is 10.1. The van der Waals surface area contributed by atoms with Crippen LogP contribution in [0.4, 0.5) is 0 Å². The van der Waals surface area contributed by atoms with Crippen molar-refractivity contribution in [1.29, 1.82) is 0 Å². The smallest absolute Gasteiger partial charge is 0.123 e. The van der Waals surface area contributed by atoms with Gasteiger partial charge in [0.2, 0.25) is 0 Å². The first-order chi connectivity index (χ1) is 5.86. The molecular formula is C11H20O. The highest BCUT2D eigenvalue weighted by atomic mass is 16.1. The molecule has 70 valence electrons. The summed E-state index contributed by atoms with van der Waals surface area (Å²) < 4.78 is 0. The number of aldehydes is 1. The first-order valence-corrected chi connectivity index (χ1v) is 5.32. The fourth-order valence-corrected chi connectivity index (χ4v) is 2.11. The fraction of sp³-hybridized carbons (Fsp3) is 0.909. The zero-order valence-corrected chi connectivity index (χ0v) is 8.09. The SMILES string of the molecule is CCCCC1CCC(C=O)CC1. The van der Waals surface area contributed by atoms with Crippen molar-refractivity contribution in [1.82, 2.24) is 0 Å². The summed E-state index contributed by atoms with van der Waals surface area (Å²) in [5.41, 5.74) is 0. The van der Waals surface area contributed by atoms with E-state index in [1.165, 1.54) is 32.1 Å². The van der Waals surface area contributed by atoms with Gasteiger partial charge in [-0.1, -0.05) is 26.2 Å². The van der Waals surface area contributed by atoms with Gasteiger partial charge in [0, 0.05) is 5.92 Å². The van der Waals surface area contributed by atoms with Crippen LogP contribution in [0.2, 0.25) is 0 Å². The first kappa shape index (κ1) is 9.76. The Kier molecular flexibility index (Phi) is 4.34. The highest BCUT2D eigenvalue weighted by molar-refractivity contribution is 5.53. The first-order valence-electron chi connectivity index (χ1n) is 5.32. The Morgan fingerprint density at radius 2 is 1.92 bits per heavy atom. The summed E-state index contributed by atoms with van der Waals surface area (Å²) >= 11 is 0. The molecule has 0 spiro atoms. The molecule has 1 saturated carbocycles. The fourth-order valence-electron chi connectivity index (χ4n) is 2.11. The zero-order valence-electron chi connectivity index (χ0n) is 8.09. The highest BCUT2D eigenvalue weighted by Crippen LogP contribution is 2.30. The maximum atomic E-state index is 10.5. The molecule has 1 rings (SSSR count). The van der Waals surface area contributed by atoms with E-state index in [4.69, 9.17) is 0 Å². The molecule has 0 atom stereocenters. The van der Waals surface area contributed by atoms with Crippen LogP contribution in [0, 0.1) is 11.8 Å². The third-order valence-corrected chi connectivity index (χ3v) is 3.05. The maximum absolute atomic E-state index is 10.5. The Morgan fingerprint density at radius 1 is 1.25 bits per heavy atom. The number of unbranched alkanes of at least 4 members (excludes halogenated alkanes) is 1. The van der Waals surface area contributed by atoms with Crippen molar-refractivity contribution < 1.29 is 4.79 Å². The number of carbonyl (C=O) groups is 1. The molecular weight excluding hydrogens is 148 g/mol. The molecule has 0 aliphatic heterocycles. The minimum absolute atomic E-state index is 0.392. The number of carbonyl (C=O) groups excluding carboxylic acids is 1. The lowest BCUT2D eigenvalue weighted by Crippen LogP contribution is -2.15. The van der Waals surface area contributed by atoms with Crippen molar-refractivity contribution >= 4 is 6.29 Å². The predicted octanol–water partition coefficient (Wildman–Crippen LogP) is 3.18. The molecule has 1 heteroatoms. The van der Waals surface area contributed by atoms with Crippen molar-refractivity contribution in [2.45, 2.75) is 51.9 Å². The van der Waals surface area contributed by atoms with E-state index >= 15 is 0 Å². The molecule has 0 unspecified atom stereocenters. The van der Waals surface area contributed by atoms with Crippen molar-refractivity contribution in [3.05, 3.63) is 0 Å². The van der Waals surface area contributed by atoms with E-state index in [1.807, 2.05) is 0 Å². The molecule has 12 heavy (non-hydrogen) atoms. The van der Waals surface area contributed by atoms with Crippen LogP contribution in [0.5, 0.6) is 0 Å². The third-order valence-electron chi connectivity index (χ3n) is 3.05. The van der Waals surface area contributed by atoms with Gasteiger partial charge in [0.05, 0.1) is 0 Å². The quantitative estimate of drug-likeness (QED) is 0.589. The Morgan fingerprint density at radius 3 is 2.42 bits per heavy atom. The molecule has 1 fully saturated rings. The minimum Gasteiger partial charge on any atom is -0.303 e. The highest BCUT2D eigenvalue weighted by Gasteiger charge is 2.19. The van der Waals surface area contributed by atoms with Crippen molar-refractivity contribution in [3.63, 3.8) is 0 Å². The van der Waals surface area contributed by atoms with Gasteiger partial charge in [-0.15, -0.1) is 0 Å². The zero-order chi connectivity index (χ0) is 8.81. The lowest BCUT2D eigenvalue weighted by Gasteiger charge is -2.24. The average molecular weight is 168 g/mol. The van der Waals surface area contributed by atoms with Crippen LogP contribution < -0.4 is 0 Å². The molecule has 0 aromatic heterocycles. The van der Waals surface area contributed by atoms with Gasteiger partial charge in [-0.05, 0) is 31.6 Å². The van der Waals surface area contributed by atoms with Gasteiger partial charge in [0.1, 0.15) is 6.29 Å². The second-order valence-electron chi connectivity index (χ2n) is 4.06. The minimum atomic E-state index is 0.392. The average Bonchev–Trinajstić information content (AvgIpc) is 2.15. The van der Waals surface area contributed by atoms with Gasteiger partial charge in [-0.25, -0.2) is 0 Å². The lowest BCUT2D eigenvalue weighted by atomic mass is 9.80. The summed E-state index contributed by atoms with van der Waals surface area (Å²) in [7, 11) is 0. The third kappa shape index (κ3) is 2.96. The Hall–Kier alpha value is -0.330. The van der Waals surface area contributed by atoms with E-state index in [1.54, 1.807) is 0 Å². The number of hydrogen-bond donors (Lipinski definition) is 0. The Labute approximate surface area is 75.5 Å². The molecule has 1 aliphatic carbocycles. The van der Waals surface area contributed by atoms with Crippen molar-refractivity contribution in [2.75, 3.05) is 0 Å². The van der Waals surface area contributed by atoms with E-state index in [-0.39, 0.29) is 0 Å². The second-order valence-corrected chi connectivity index (χ2v) is 4.06. The van der Waals surface area contributed by atoms with E-state index in [0.29, 0.717) is 5.92 Å². The Bertz CT molecular complexity index is 123. The summed E-state index contributed by atoms with van der Waals surface area (Å²) in [5.74, 6) is 1.32. The summed E-state index contributed by atoms with van der Waals surface area (Å²) in [6, 6.07) is 0. The molecule has 0 N–H and O–H groups in total. The molecule has 1 nitrogen and oxygen atoms in total. The molecule has 0 bridgehead atoms. The van der Waals surface area contributed by atoms with E-state index in [9.17, 15) is 4.79 Å². The predicted molar refractivity (Wildman–Crippen MR) is 51.0 cm³/mol. The molecule has 0 heterocycles. The van der Waals surface area contributed by atoms with Crippen molar-refractivity contribution in [3.8, 4) is 0 Å². The monoisotopic (exact) mass is 168 g/mol. The molecule has 0 aromatic carbocycles.